The number of H-pyrrole nitrogens is 1. The van der Waals surface area contributed by atoms with Crippen LogP contribution in [0.2, 0.25) is 0 Å². The molecule has 0 spiro atoms. The maximum Gasteiger partial charge on any atom is 0.258 e. The van der Waals surface area contributed by atoms with Gasteiger partial charge in [0.1, 0.15) is 5.82 Å². The summed E-state index contributed by atoms with van der Waals surface area (Å²) in [6, 6.07) is 6.74. The van der Waals surface area contributed by atoms with Crippen LogP contribution in [0.15, 0.2) is 29.1 Å². The number of likely N-dealkylation sites (N-methyl/N-ethyl adjacent to an activating group) is 1. The van der Waals surface area contributed by atoms with Crippen molar-refractivity contribution >= 4 is 26.6 Å². The van der Waals surface area contributed by atoms with E-state index >= 15 is 0 Å². The molecule has 0 saturated carbocycles. The Kier molecular flexibility index (Phi) is 4.87. The number of para-hydroxylation sites is 1. The molecule has 1 atom stereocenters. The van der Waals surface area contributed by atoms with Crippen molar-refractivity contribution in [2.75, 3.05) is 25.1 Å². The van der Waals surface area contributed by atoms with E-state index in [1.165, 1.54) is 0 Å². The van der Waals surface area contributed by atoms with Crippen LogP contribution in [0.5, 0.6) is 0 Å². The first kappa shape index (κ1) is 17.6. The molecule has 0 bridgehead atoms. The number of benzene rings is 1. The summed E-state index contributed by atoms with van der Waals surface area (Å²) in [6.45, 7) is 0.392. The average molecular weight is 364 g/mol. The molecule has 1 amide bonds. The van der Waals surface area contributed by atoms with Gasteiger partial charge >= 0.3 is 0 Å². The number of carbonyl (C=O) groups excluding carboxylic acids is 1. The highest BCUT2D eigenvalue weighted by Crippen LogP contribution is 2.11. The number of nitrogens with zero attached hydrogens (tertiary/aromatic N) is 2. The molecule has 1 saturated heterocycles. The molecular formula is C16H20N4O4S. The number of carbonyl (C=O) groups is 1. The quantitative estimate of drug-likeness (QED) is 0.751. The van der Waals surface area contributed by atoms with Crippen molar-refractivity contribution in [3.8, 4) is 0 Å². The SMILES string of the molecule is CN(CC(=O)N[C@H]1CCS(=O)(=O)C1)Cc1nc2ccccc2c(=O)[nH]1. The fourth-order valence-corrected chi connectivity index (χ4v) is 4.62. The predicted molar refractivity (Wildman–Crippen MR) is 93.9 cm³/mol. The Morgan fingerprint density at radius 2 is 2.16 bits per heavy atom. The minimum absolute atomic E-state index is 0.00199. The van der Waals surface area contributed by atoms with Crippen LogP contribution in [0.3, 0.4) is 0 Å². The molecule has 0 radical (unpaired) electrons. The molecule has 1 aromatic carbocycles. The molecule has 134 valence electrons. The number of sulfone groups is 1. The van der Waals surface area contributed by atoms with Crippen LogP contribution in [0.1, 0.15) is 12.2 Å². The van der Waals surface area contributed by atoms with Gasteiger partial charge in [-0.15, -0.1) is 0 Å². The highest BCUT2D eigenvalue weighted by molar-refractivity contribution is 7.91. The minimum Gasteiger partial charge on any atom is -0.351 e. The summed E-state index contributed by atoms with van der Waals surface area (Å²) in [7, 11) is -1.29. The van der Waals surface area contributed by atoms with Crippen molar-refractivity contribution in [1.29, 1.82) is 0 Å². The number of rotatable bonds is 5. The molecule has 0 unspecified atom stereocenters. The Morgan fingerprint density at radius 3 is 2.88 bits per heavy atom. The first-order valence-electron chi connectivity index (χ1n) is 7.99. The van der Waals surface area contributed by atoms with Gasteiger partial charge < -0.3 is 10.3 Å². The van der Waals surface area contributed by atoms with Gasteiger partial charge in [0.05, 0.1) is 35.5 Å². The van der Waals surface area contributed by atoms with E-state index in [-0.39, 0.29) is 35.6 Å². The molecule has 0 aliphatic carbocycles. The Hall–Kier alpha value is -2.26. The molecule has 1 aliphatic rings. The number of hydrogen-bond donors (Lipinski definition) is 2. The molecule has 25 heavy (non-hydrogen) atoms. The molecule has 1 aromatic heterocycles. The lowest BCUT2D eigenvalue weighted by Crippen LogP contribution is -2.41. The summed E-state index contributed by atoms with van der Waals surface area (Å²) in [5.41, 5.74) is 0.393. The fourth-order valence-electron chi connectivity index (χ4n) is 2.95. The lowest BCUT2D eigenvalue weighted by molar-refractivity contribution is -0.122. The van der Waals surface area contributed by atoms with E-state index in [4.69, 9.17) is 0 Å². The topological polar surface area (TPSA) is 112 Å². The second kappa shape index (κ2) is 6.93. The van der Waals surface area contributed by atoms with Crippen molar-refractivity contribution in [1.82, 2.24) is 20.2 Å². The monoisotopic (exact) mass is 364 g/mol. The van der Waals surface area contributed by atoms with E-state index < -0.39 is 9.84 Å². The van der Waals surface area contributed by atoms with Crippen molar-refractivity contribution in [2.24, 2.45) is 0 Å². The largest absolute Gasteiger partial charge is 0.351 e. The highest BCUT2D eigenvalue weighted by atomic mass is 32.2. The van der Waals surface area contributed by atoms with E-state index in [2.05, 4.69) is 15.3 Å². The van der Waals surface area contributed by atoms with Gasteiger partial charge in [0, 0.05) is 6.04 Å². The van der Waals surface area contributed by atoms with Crippen LogP contribution < -0.4 is 10.9 Å². The van der Waals surface area contributed by atoms with E-state index in [1.54, 1.807) is 30.1 Å². The minimum atomic E-state index is -3.02. The second-order valence-corrected chi connectivity index (χ2v) is 8.60. The Morgan fingerprint density at radius 1 is 1.40 bits per heavy atom. The highest BCUT2D eigenvalue weighted by Gasteiger charge is 2.29. The zero-order valence-electron chi connectivity index (χ0n) is 13.9. The van der Waals surface area contributed by atoms with Gasteiger partial charge in [-0.05, 0) is 25.6 Å². The molecule has 9 heteroatoms. The van der Waals surface area contributed by atoms with Crippen molar-refractivity contribution in [3.05, 3.63) is 40.4 Å². The van der Waals surface area contributed by atoms with Gasteiger partial charge in [-0.2, -0.15) is 0 Å². The van der Waals surface area contributed by atoms with Crippen molar-refractivity contribution in [2.45, 2.75) is 19.0 Å². The number of aromatic nitrogens is 2. The van der Waals surface area contributed by atoms with Crippen LogP contribution in [-0.4, -0.2) is 60.3 Å². The molecule has 1 fully saturated rings. The third-order valence-corrected chi connectivity index (χ3v) is 5.86. The molecule has 2 aromatic rings. The van der Waals surface area contributed by atoms with Gasteiger partial charge in [-0.3, -0.25) is 14.5 Å². The van der Waals surface area contributed by atoms with Gasteiger partial charge in [-0.25, -0.2) is 13.4 Å². The average Bonchev–Trinajstić information content (AvgIpc) is 2.85. The lowest BCUT2D eigenvalue weighted by atomic mass is 10.2. The normalized spacial score (nSPS) is 19.4. The maximum absolute atomic E-state index is 12.1. The summed E-state index contributed by atoms with van der Waals surface area (Å²) in [5.74, 6) is 0.355. The van der Waals surface area contributed by atoms with Gasteiger partial charge in [0.25, 0.3) is 5.56 Å². The molecule has 2 N–H and O–H groups in total. The predicted octanol–water partition coefficient (Wildman–Crippen LogP) is -0.342. The Bertz CT molecular complexity index is 954. The van der Waals surface area contributed by atoms with Crippen molar-refractivity contribution < 1.29 is 13.2 Å². The van der Waals surface area contributed by atoms with E-state index in [1.807, 2.05) is 6.07 Å². The summed E-state index contributed by atoms with van der Waals surface area (Å²) < 4.78 is 22.8. The number of fused-ring (bicyclic) bond motifs is 1. The second-order valence-electron chi connectivity index (χ2n) is 6.37. The third-order valence-electron chi connectivity index (χ3n) is 4.09. The number of nitrogens with one attached hydrogen (secondary N) is 2. The molecule has 8 nitrogen and oxygen atoms in total. The van der Waals surface area contributed by atoms with Crippen LogP contribution in [0.4, 0.5) is 0 Å². The van der Waals surface area contributed by atoms with Crippen LogP contribution >= 0.6 is 0 Å². The van der Waals surface area contributed by atoms with E-state index in [9.17, 15) is 18.0 Å². The van der Waals surface area contributed by atoms with Crippen LogP contribution in [-0.2, 0) is 21.2 Å². The standard InChI is InChI=1S/C16H20N4O4S/c1-20(9-15(21)17-11-6-7-25(23,24)10-11)8-14-18-13-5-3-2-4-12(13)16(22)19-14/h2-5,11H,6-10H2,1H3,(H,17,21)(H,18,19,22)/t11-/m0/s1. The summed E-state index contributed by atoms with van der Waals surface area (Å²) >= 11 is 0. The summed E-state index contributed by atoms with van der Waals surface area (Å²) in [4.78, 5) is 32.9. The van der Waals surface area contributed by atoms with Crippen LogP contribution in [0, 0.1) is 0 Å². The molecule has 1 aliphatic heterocycles. The van der Waals surface area contributed by atoms with E-state index in [0.29, 0.717) is 29.7 Å². The summed E-state index contributed by atoms with van der Waals surface area (Å²) in [6.07, 6.45) is 0.456. The van der Waals surface area contributed by atoms with Gasteiger partial charge in [0.2, 0.25) is 5.91 Å². The number of aromatic amines is 1. The molecule has 2 heterocycles. The van der Waals surface area contributed by atoms with Crippen molar-refractivity contribution in [3.63, 3.8) is 0 Å². The zero-order chi connectivity index (χ0) is 18.0. The van der Waals surface area contributed by atoms with Gasteiger partial charge in [0.15, 0.2) is 9.84 Å². The Balaban J connectivity index is 1.60. The third kappa shape index (κ3) is 4.43. The van der Waals surface area contributed by atoms with E-state index in [0.717, 1.165) is 0 Å². The fraction of sp³-hybridized carbons (Fsp3) is 0.438. The first-order valence-corrected chi connectivity index (χ1v) is 9.81. The summed E-state index contributed by atoms with van der Waals surface area (Å²) in [5, 5.41) is 3.26. The van der Waals surface area contributed by atoms with Crippen LogP contribution in [0.25, 0.3) is 10.9 Å². The first-order chi connectivity index (χ1) is 11.8. The smallest absolute Gasteiger partial charge is 0.258 e. The maximum atomic E-state index is 12.1. The number of amides is 1. The molecular weight excluding hydrogens is 344 g/mol. The number of hydrogen-bond acceptors (Lipinski definition) is 6. The van der Waals surface area contributed by atoms with Gasteiger partial charge in [-0.1, -0.05) is 12.1 Å². The Labute approximate surface area is 145 Å². The lowest BCUT2D eigenvalue weighted by Gasteiger charge is -2.17. The zero-order valence-corrected chi connectivity index (χ0v) is 14.7. The molecule has 3 rings (SSSR count).